The molecule has 0 amide bonds. The number of aromatic nitrogens is 1. The van der Waals surface area contributed by atoms with Crippen molar-refractivity contribution < 1.29 is 4.74 Å². The van der Waals surface area contributed by atoms with Crippen LogP contribution in [0.2, 0.25) is 5.02 Å². The van der Waals surface area contributed by atoms with E-state index in [1.807, 2.05) is 31.2 Å². The molecule has 2 rings (SSSR count). The molecule has 1 aromatic carbocycles. The highest BCUT2D eigenvalue weighted by molar-refractivity contribution is 6.32. The molecule has 0 radical (unpaired) electrons. The predicted octanol–water partition coefficient (Wildman–Crippen LogP) is 3.29. The van der Waals surface area contributed by atoms with E-state index in [-0.39, 0.29) is 0 Å². The Hall–Kier alpha value is -1.58. The average molecular weight is 249 g/mol. The minimum atomic E-state index is 0.382. The lowest BCUT2D eigenvalue weighted by atomic mass is 10.2. The van der Waals surface area contributed by atoms with Crippen molar-refractivity contribution >= 4 is 11.6 Å². The van der Waals surface area contributed by atoms with Crippen LogP contribution in [-0.2, 0) is 6.54 Å². The van der Waals surface area contributed by atoms with E-state index in [4.69, 9.17) is 22.1 Å². The number of ether oxygens (including phenoxy) is 1. The van der Waals surface area contributed by atoms with Gasteiger partial charge in [-0.15, -0.1) is 0 Å². The number of benzene rings is 1. The molecule has 2 aromatic rings. The third kappa shape index (κ3) is 2.75. The number of nitrogens with two attached hydrogens (primary N) is 1. The molecule has 1 heterocycles. The summed E-state index contributed by atoms with van der Waals surface area (Å²) in [4.78, 5) is 4.15. The molecule has 0 aliphatic carbocycles. The van der Waals surface area contributed by atoms with Gasteiger partial charge in [0.1, 0.15) is 5.75 Å². The lowest BCUT2D eigenvalue weighted by molar-refractivity contribution is 0.456. The van der Waals surface area contributed by atoms with E-state index in [0.717, 1.165) is 11.1 Å². The molecule has 0 fully saturated rings. The highest BCUT2D eigenvalue weighted by Gasteiger charge is 2.07. The minimum Gasteiger partial charge on any atom is -0.437 e. The Bertz CT molecular complexity index is 529. The van der Waals surface area contributed by atoms with Crippen LogP contribution in [0.25, 0.3) is 0 Å². The van der Waals surface area contributed by atoms with Crippen LogP contribution in [0.4, 0.5) is 0 Å². The van der Waals surface area contributed by atoms with Crippen molar-refractivity contribution in [3.63, 3.8) is 0 Å². The molecule has 0 unspecified atom stereocenters. The van der Waals surface area contributed by atoms with E-state index in [2.05, 4.69) is 4.98 Å². The van der Waals surface area contributed by atoms with Gasteiger partial charge in [0, 0.05) is 18.3 Å². The van der Waals surface area contributed by atoms with E-state index in [0.29, 0.717) is 23.2 Å². The van der Waals surface area contributed by atoms with Gasteiger partial charge in [-0.05, 0) is 30.7 Å². The van der Waals surface area contributed by atoms with Gasteiger partial charge in [0.25, 0.3) is 0 Å². The third-order valence-electron chi connectivity index (χ3n) is 2.36. The number of nitrogens with zero attached hydrogens (tertiary/aromatic N) is 1. The Morgan fingerprint density at radius 1 is 1.35 bits per heavy atom. The first-order valence-electron chi connectivity index (χ1n) is 5.28. The number of hydrogen-bond donors (Lipinski definition) is 1. The first-order valence-corrected chi connectivity index (χ1v) is 5.66. The molecule has 2 N–H and O–H groups in total. The van der Waals surface area contributed by atoms with Crippen LogP contribution in [0.5, 0.6) is 11.6 Å². The maximum absolute atomic E-state index is 6.06. The second-order valence-corrected chi connectivity index (χ2v) is 4.11. The van der Waals surface area contributed by atoms with Crippen LogP contribution < -0.4 is 10.5 Å². The summed E-state index contributed by atoms with van der Waals surface area (Å²) < 4.78 is 5.69. The molecule has 0 saturated heterocycles. The SMILES string of the molecule is Cc1ccc(Cl)c(Oc2ncccc2CN)c1. The fraction of sp³-hybridized carbons (Fsp3) is 0.154. The average Bonchev–Trinajstić information content (AvgIpc) is 2.34. The second-order valence-electron chi connectivity index (χ2n) is 3.71. The second kappa shape index (κ2) is 5.17. The molecule has 0 saturated carbocycles. The summed E-state index contributed by atoms with van der Waals surface area (Å²) in [6.45, 7) is 2.36. The van der Waals surface area contributed by atoms with Crippen LogP contribution >= 0.6 is 11.6 Å². The number of aryl methyl sites for hydroxylation is 1. The maximum atomic E-state index is 6.06. The first-order chi connectivity index (χ1) is 8.20. The third-order valence-corrected chi connectivity index (χ3v) is 2.68. The van der Waals surface area contributed by atoms with Crippen LogP contribution in [0.3, 0.4) is 0 Å². The van der Waals surface area contributed by atoms with E-state index < -0.39 is 0 Å². The zero-order valence-electron chi connectivity index (χ0n) is 9.48. The fourth-order valence-electron chi connectivity index (χ4n) is 1.46. The van der Waals surface area contributed by atoms with Gasteiger partial charge < -0.3 is 10.5 Å². The van der Waals surface area contributed by atoms with Gasteiger partial charge in [0.05, 0.1) is 5.02 Å². The minimum absolute atomic E-state index is 0.382. The van der Waals surface area contributed by atoms with Gasteiger partial charge in [0.2, 0.25) is 5.88 Å². The largest absolute Gasteiger partial charge is 0.437 e. The van der Waals surface area contributed by atoms with Crippen LogP contribution in [0.15, 0.2) is 36.5 Å². The molecule has 0 aliphatic heterocycles. The normalized spacial score (nSPS) is 10.3. The molecule has 4 heteroatoms. The predicted molar refractivity (Wildman–Crippen MR) is 68.4 cm³/mol. The molecule has 3 nitrogen and oxygen atoms in total. The standard InChI is InChI=1S/C13H13ClN2O/c1-9-4-5-11(14)12(7-9)17-13-10(8-15)3-2-6-16-13/h2-7H,8,15H2,1H3. The Kier molecular flexibility index (Phi) is 3.61. The van der Waals surface area contributed by atoms with Crippen LogP contribution in [0, 0.1) is 6.92 Å². The number of pyridine rings is 1. The van der Waals surface area contributed by atoms with Crippen molar-refractivity contribution in [2.75, 3.05) is 0 Å². The lowest BCUT2D eigenvalue weighted by Gasteiger charge is -2.10. The summed E-state index contributed by atoms with van der Waals surface area (Å²) in [6.07, 6.45) is 1.66. The highest BCUT2D eigenvalue weighted by Crippen LogP contribution is 2.30. The van der Waals surface area contributed by atoms with Crippen LogP contribution in [0.1, 0.15) is 11.1 Å². The topological polar surface area (TPSA) is 48.1 Å². The van der Waals surface area contributed by atoms with Crippen molar-refractivity contribution in [2.24, 2.45) is 5.73 Å². The molecular weight excluding hydrogens is 236 g/mol. The van der Waals surface area contributed by atoms with Gasteiger partial charge in [-0.2, -0.15) is 0 Å². The summed E-state index contributed by atoms with van der Waals surface area (Å²) in [5, 5.41) is 0.559. The smallest absolute Gasteiger partial charge is 0.223 e. The summed E-state index contributed by atoms with van der Waals surface area (Å²) in [7, 11) is 0. The summed E-state index contributed by atoms with van der Waals surface area (Å²) >= 11 is 6.06. The highest BCUT2D eigenvalue weighted by atomic mass is 35.5. The molecule has 0 bridgehead atoms. The van der Waals surface area contributed by atoms with E-state index in [1.54, 1.807) is 12.3 Å². The van der Waals surface area contributed by atoms with E-state index >= 15 is 0 Å². The summed E-state index contributed by atoms with van der Waals surface area (Å²) in [5.41, 5.74) is 7.55. The molecule has 1 aromatic heterocycles. The van der Waals surface area contributed by atoms with Crippen molar-refractivity contribution in [3.05, 3.63) is 52.7 Å². The van der Waals surface area contributed by atoms with Crippen LogP contribution in [-0.4, -0.2) is 4.98 Å². The molecule has 17 heavy (non-hydrogen) atoms. The van der Waals surface area contributed by atoms with Gasteiger partial charge in [0.15, 0.2) is 0 Å². The van der Waals surface area contributed by atoms with Crippen molar-refractivity contribution in [2.45, 2.75) is 13.5 Å². The van der Waals surface area contributed by atoms with E-state index in [9.17, 15) is 0 Å². The van der Waals surface area contributed by atoms with Gasteiger partial charge in [-0.1, -0.05) is 23.7 Å². The Morgan fingerprint density at radius 3 is 2.94 bits per heavy atom. The van der Waals surface area contributed by atoms with E-state index in [1.165, 1.54) is 0 Å². The maximum Gasteiger partial charge on any atom is 0.223 e. The number of rotatable bonds is 3. The molecule has 0 spiro atoms. The molecule has 0 aliphatic rings. The molecule has 0 atom stereocenters. The first kappa shape index (κ1) is 11.9. The summed E-state index contributed by atoms with van der Waals surface area (Å²) in [6, 6.07) is 9.31. The fourth-order valence-corrected chi connectivity index (χ4v) is 1.62. The number of halogens is 1. The van der Waals surface area contributed by atoms with Gasteiger partial charge in [-0.3, -0.25) is 0 Å². The summed E-state index contributed by atoms with van der Waals surface area (Å²) in [5.74, 6) is 1.10. The number of hydrogen-bond acceptors (Lipinski definition) is 3. The molecular formula is C13H13ClN2O. The quantitative estimate of drug-likeness (QED) is 0.907. The Balaban J connectivity index is 2.34. The van der Waals surface area contributed by atoms with Crippen molar-refractivity contribution in [3.8, 4) is 11.6 Å². The monoisotopic (exact) mass is 248 g/mol. The zero-order valence-corrected chi connectivity index (χ0v) is 10.2. The zero-order chi connectivity index (χ0) is 12.3. The lowest BCUT2D eigenvalue weighted by Crippen LogP contribution is -2.01. The Morgan fingerprint density at radius 2 is 2.18 bits per heavy atom. The Labute approximate surface area is 105 Å². The molecule has 88 valence electrons. The van der Waals surface area contributed by atoms with Crippen molar-refractivity contribution in [1.82, 2.24) is 4.98 Å². The van der Waals surface area contributed by atoms with Crippen molar-refractivity contribution in [1.29, 1.82) is 0 Å². The van der Waals surface area contributed by atoms with Gasteiger partial charge in [-0.25, -0.2) is 4.98 Å². The van der Waals surface area contributed by atoms with Gasteiger partial charge >= 0.3 is 0 Å².